The van der Waals surface area contributed by atoms with Crippen LogP contribution in [0, 0.1) is 11.3 Å². The molecule has 0 aromatic carbocycles. The normalized spacial score (nSPS) is 41.9. The molecule has 3 heteroatoms. The minimum absolute atomic E-state index is 0.148. The number of carbonyl (C=O) groups is 1. The van der Waals surface area contributed by atoms with Gasteiger partial charge in [0.05, 0.1) is 12.0 Å². The molecule has 0 aromatic heterocycles. The summed E-state index contributed by atoms with van der Waals surface area (Å²) >= 11 is 0. The van der Waals surface area contributed by atoms with Gasteiger partial charge in [-0.3, -0.25) is 4.79 Å². The number of fused-ring (bicyclic) bond motifs is 2. The first-order valence-electron chi connectivity index (χ1n) is 4.52. The monoisotopic (exact) mass is 182 g/mol. The van der Waals surface area contributed by atoms with Crippen molar-refractivity contribution in [1.82, 2.24) is 0 Å². The van der Waals surface area contributed by atoms with Crippen molar-refractivity contribution >= 4 is 5.97 Å². The Hall–Kier alpha value is -0.830. The Balaban J connectivity index is 2.42. The van der Waals surface area contributed by atoms with Gasteiger partial charge >= 0.3 is 5.97 Å². The Morgan fingerprint density at radius 1 is 1.62 bits per heavy atom. The topological polar surface area (TPSA) is 46.5 Å². The molecule has 0 spiro atoms. The molecule has 0 aromatic rings. The highest BCUT2D eigenvalue weighted by atomic mass is 16.6. The molecule has 0 radical (unpaired) electrons. The molecule has 1 aliphatic heterocycles. The Morgan fingerprint density at radius 2 is 2.23 bits per heavy atom. The van der Waals surface area contributed by atoms with E-state index in [0.717, 1.165) is 0 Å². The SMILES string of the molecule is C=C1C(O)CC2OC(=O)C1C2(C)C. The lowest BCUT2D eigenvalue weighted by Crippen LogP contribution is -2.41. The van der Waals surface area contributed by atoms with Gasteiger partial charge in [-0.15, -0.1) is 0 Å². The molecular weight excluding hydrogens is 168 g/mol. The smallest absolute Gasteiger partial charge is 0.314 e. The first-order valence-corrected chi connectivity index (χ1v) is 4.52. The van der Waals surface area contributed by atoms with Crippen molar-refractivity contribution in [2.75, 3.05) is 0 Å². The van der Waals surface area contributed by atoms with Gasteiger partial charge in [0.1, 0.15) is 6.10 Å². The Morgan fingerprint density at radius 3 is 2.85 bits per heavy atom. The van der Waals surface area contributed by atoms with Crippen LogP contribution >= 0.6 is 0 Å². The van der Waals surface area contributed by atoms with Gasteiger partial charge in [-0.1, -0.05) is 20.4 Å². The largest absolute Gasteiger partial charge is 0.461 e. The second kappa shape index (κ2) is 2.35. The molecule has 1 N–H and O–H groups in total. The molecule has 3 nitrogen and oxygen atoms in total. The summed E-state index contributed by atoms with van der Waals surface area (Å²) in [6.07, 6.45) is -0.228. The van der Waals surface area contributed by atoms with Crippen molar-refractivity contribution < 1.29 is 14.6 Å². The maximum absolute atomic E-state index is 11.4. The molecule has 0 amide bonds. The van der Waals surface area contributed by atoms with E-state index in [2.05, 4.69) is 6.58 Å². The summed E-state index contributed by atoms with van der Waals surface area (Å²) in [7, 11) is 0. The van der Waals surface area contributed by atoms with Gasteiger partial charge in [0.2, 0.25) is 0 Å². The van der Waals surface area contributed by atoms with E-state index in [4.69, 9.17) is 4.74 Å². The van der Waals surface area contributed by atoms with Crippen molar-refractivity contribution in [2.24, 2.45) is 11.3 Å². The van der Waals surface area contributed by atoms with Gasteiger partial charge in [-0.25, -0.2) is 0 Å². The summed E-state index contributed by atoms with van der Waals surface area (Å²) in [5, 5.41) is 9.58. The van der Waals surface area contributed by atoms with Crippen molar-refractivity contribution in [3.8, 4) is 0 Å². The van der Waals surface area contributed by atoms with Crippen LogP contribution in [0.2, 0.25) is 0 Å². The number of hydrogen-bond acceptors (Lipinski definition) is 3. The van der Waals surface area contributed by atoms with Gasteiger partial charge in [0, 0.05) is 11.8 Å². The summed E-state index contributed by atoms with van der Waals surface area (Å²) < 4.78 is 5.18. The van der Waals surface area contributed by atoms with Crippen LogP contribution < -0.4 is 0 Å². The highest BCUT2D eigenvalue weighted by Gasteiger charge is 2.57. The Kier molecular flexibility index (Phi) is 1.58. The molecule has 1 saturated carbocycles. The second-order valence-electron chi connectivity index (χ2n) is 4.51. The average molecular weight is 182 g/mol. The zero-order valence-corrected chi connectivity index (χ0v) is 7.91. The average Bonchev–Trinajstić information content (AvgIpc) is 2.11. The number of carbonyl (C=O) groups excluding carboxylic acids is 1. The Bertz CT molecular complexity index is 280. The lowest BCUT2D eigenvalue weighted by atomic mass is 9.66. The molecule has 3 atom stereocenters. The van der Waals surface area contributed by atoms with E-state index >= 15 is 0 Å². The van der Waals surface area contributed by atoms with Crippen LogP contribution in [0.3, 0.4) is 0 Å². The van der Waals surface area contributed by atoms with E-state index in [0.29, 0.717) is 12.0 Å². The molecule has 2 fully saturated rings. The van der Waals surface area contributed by atoms with Crippen molar-refractivity contribution in [2.45, 2.75) is 32.5 Å². The van der Waals surface area contributed by atoms with Crippen molar-refractivity contribution in [1.29, 1.82) is 0 Å². The van der Waals surface area contributed by atoms with Crippen LogP contribution in [0.5, 0.6) is 0 Å². The van der Waals surface area contributed by atoms with Crippen molar-refractivity contribution in [3.63, 3.8) is 0 Å². The first kappa shape index (κ1) is 8.75. The van der Waals surface area contributed by atoms with Crippen LogP contribution in [-0.4, -0.2) is 23.3 Å². The molecule has 1 heterocycles. The fraction of sp³-hybridized carbons (Fsp3) is 0.700. The van der Waals surface area contributed by atoms with Crippen LogP contribution in [0.4, 0.5) is 0 Å². The van der Waals surface area contributed by atoms with Gasteiger partial charge in [-0.2, -0.15) is 0 Å². The number of ether oxygens (including phenoxy) is 1. The molecule has 13 heavy (non-hydrogen) atoms. The summed E-state index contributed by atoms with van der Waals surface area (Å²) in [4.78, 5) is 11.4. The van der Waals surface area contributed by atoms with E-state index < -0.39 is 6.10 Å². The number of aliphatic hydroxyl groups is 1. The third kappa shape index (κ3) is 0.967. The van der Waals surface area contributed by atoms with Gasteiger partial charge < -0.3 is 9.84 Å². The first-order chi connectivity index (χ1) is 5.94. The molecule has 1 saturated heterocycles. The molecule has 2 bridgehead atoms. The van der Waals surface area contributed by atoms with Crippen molar-refractivity contribution in [3.05, 3.63) is 12.2 Å². The number of aliphatic hydroxyl groups excluding tert-OH is 1. The maximum Gasteiger partial charge on any atom is 0.314 e. The van der Waals surface area contributed by atoms with E-state index in [1.807, 2.05) is 13.8 Å². The number of esters is 1. The predicted octanol–water partition coefficient (Wildman–Crippen LogP) is 0.875. The van der Waals surface area contributed by atoms with Crippen LogP contribution in [0.15, 0.2) is 12.2 Å². The minimum atomic E-state index is -0.575. The second-order valence-corrected chi connectivity index (χ2v) is 4.51. The number of hydrogen-bond donors (Lipinski definition) is 1. The minimum Gasteiger partial charge on any atom is -0.461 e. The maximum atomic E-state index is 11.4. The molecule has 2 aliphatic rings. The predicted molar refractivity (Wildman–Crippen MR) is 46.9 cm³/mol. The van der Waals surface area contributed by atoms with Gasteiger partial charge in [0.25, 0.3) is 0 Å². The highest BCUT2D eigenvalue weighted by molar-refractivity contribution is 5.80. The molecule has 1 aliphatic carbocycles. The van der Waals surface area contributed by atoms with E-state index in [9.17, 15) is 9.90 Å². The molecule has 3 unspecified atom stereocenters. The fourth-order valence-electron chi connectivity index (χ4n) is 2.38. The summed E-state index contributed by atoms with van der Waals surface area (Å²) in [6.45, 7) is 7.75. The zero-order valence-electron chi connectivity index (χ0n) is 7.91. The van der Waals surface area contributed by atoms with Crippen LogP contribution in [0.25, 0.3) is 0 Å². The summed E-state index contributed by atoms with van der Waals surface area (Å²) in [6, 6.07) is 0. The van der Waals surface area contributed by atoms with Crippen LogP contribution in [-0.2, 0) is 9.53 Å². The number of rotatable bonds is 0. The highest BCUT2D eigenvalue weighted by Crippen LogP contribution is 2.50. The Labute approximate surface area is 77.4 Å². The molecule has 72 valence electrons. The zero-order chi connectivity index (χ0) is 9.80. The van der Waals surface area contributed by atoms with E-state index in [1.165, 1.54) is 0 Å². The van der Waals surface area contributed by atoms with Gasteiger partial charge in [-0.05, 0) is 5.57 Å². The van der Waals surface area contributed by atoms with Gasteiger partial charge in [0.15, 0.2) is 0 Å². The van der Waals surface area contributed by atoms with E-state index in [1.54, 1.807) is 0 Å². The third-order valence-corrected chi connectivity index (χ3v) is 3.30. The quantitative estimate of drug-likeness (QED) is 0.446. The van der Waals surface area contributed by atoms with Crippen LogP contribution in [0.1, 0.15) is 20.3 Å². The third-order valence-electron chi connectivity index (χ3n) is 3.30. The fourth-order valence-corrected chi connectivity index (χ4v) is 2.38. The van der Waals surface area contributed by atoms with E-state index in [-0.39, 0.29) is 23.4 Å². The molecule has 2 rings (SSSR count). The summed E-state index contributed by atoms with van der Waals surface area (Å²) in [5.41, 5.74) is 0.414. The standard InChI is InChI=1S/C10H14O3/c1-5-6(11)4-7-10(2,3)8(5)9(12)13-7/h6-8,11H,1,4H2,2-3H3. The lowest BCUT2D eigenvalue weighted by Gasteiger charge is -2.36. The summed E-state index contributed by atoms with van der Waals surface area (Å²) in [5.74, 6) is -0.544. The molecular formula is C10H14O3. The lowest BCUT2D eigenvalue weighted by molar-refractivity contribution is -0.143.